The van der Waals surface area contributed by atoms with Gasteiger partial charge in [0.15, 0.2) is 0 Å². The van der Waals surface area contributed by atoms with E-state index in [9.17, 15) is 9.59 Å². The van der Waals surface area contributed by atoms with Crippen LogP contribution in [0.25, 0.3) is 0 Å². The van der Waals surface area contributed by atoms with Crippen LogP contribution < -0.4 is 0 Å². The smallest absolute Gasteiger partial charge is 0.136 e. The normalized spacial score (nSPS) is 29.3. The summed E-state index contributed by atoms with van der Waals surface area (Å²) in [5, 5.41) is 0. The van der Waals surface area contributed by atoms with E-state index in [1.54, 1.807) is 0 Å². The van der Waals surface area contributed by atoms with Gasteiger partial charge in [-0.05, 0) is 161 Å². The van der Waals surface area contributed by atoms with Crippen molar-refractivity contribution in [3.05, 3.63) is 60.8 Å². The predicted molar refractivity (Wildman–Crippen MR) is 277 cm³/mol. The number of hydrogen-bond donors (Lipinski definition) is 0. The molecule has 6 aliphatic carbocycles. The Morgan fingerprint density at radius 3 is 1.37 bits per heavy atom. The molecule has 6 fully saturated rings. The number of carbonyl (C=O) groups excluding carboxylic acids is 2. The van der Waals surface area contributed by atoms with Crippen molar-refractivity contribution in [2.45, 2.75) is 251 Å². The minimum absolute atomic E-state index is 0.241. The second-order valence-electron chi connectivity index (χ2n) is 25.0. The summed E-state index contributed by atoms with van der Waals surface area (Å²) in [5.41, 5.74) is 8.68. The third-order valence-corrected chi connectivity index (χ3v) is 15.4. The fourth-order valence-electron chi connectivity index (χ4n) is 11.4. The van der Waals surface area contributed by atoms with Crippen LogP contribution in [0.5, 0.6) is 0 Å². The molecular weight excluding hydrogens is 753 g/mol. The molecule has 2 heteroatoms. The Hall–Kier alpha value is -1.96. The molecule has 0 spiro atoms. The van der Waals surface area contributed by atoms with Crippen LogP contribution in [0.4, 0.5) is 0 Å². The molecule has 0 aromatic rings. The largest absolute Gasteiger partial charge is 0.299 e. The lowest BCUT2D eigenvalue weighted by Gasteiger charge is -2.41. The Kier molecular flexibility index (Phi) is 25.8. The quantitative estimate of drug-likeness (QED) is 0.205. The molecule has 6 aliphatic rings. The molecule has 0 aromatic carbocycles. The van der Waals surface area contributed by atoms with Gasteiger partial charge < -0.3 is 0 Å². The molecule has 6 saturated carbocycles. The van der Waals surface area contributed by atoms with Crippen molar-refractivity contribution in [1.29, 1.82) is 0 Å². The van der Waals surface area contributed by atoms with E-state index < -0.39 is 0 Å². The molecule has 0 aliphatic heterocycles. The first kappa shape index (κ1) is 58.1. The molecule has 358 valence electrons. The summed E-state index contributed by atoms with van der Waals surface area (Å²) in [4.78, 5) is 23.3. The van der Waals surface area contributed by atoms with Crippen LogP contribution in [-0.4, -0.2) is 11.6 Å². The average Bonchev–Trinajstić information content (AvgIpc) is 3.36. The van der Waals surface area contributed by atoms with Crippen LogP contribution in [0.2, 0.25) is 0 Å². The summed E-state index contributed by atoms with van der Waals surface area (Å²) in [5.74, 6) is 3.76. The summed E-state index contributed by atoms with van der Waals surface area (Å²) in [7, 11) is 0. The molecular formula is C60H106O2. The van der Waals surface area contributed by atoms with Gasteiger partial charge >= 0.3 is 0 Å². The van der Waals surface area contributed by atoms with E-state index >= 15 is 0 Å². The van der Waals surface area contributed by atoms with Crippen molar-refractivity contribution in [1.82, 2.24) is 0 Å². The second-order valence-corrected chi connectivity index (χ2v) is 25.0. The SMILES string of the molecule is C=C(C)C1CC(=O)C(C)CC1(C)C.C=C1CC(C)CC(C)(C)C1.C=C1CCCC(C)(C)C1.C=C1CCCCCC1.C=C1CCCCCCC1.CC(C)C1CC(C)(C)C(C)CC1=O. The van der Waals surface area contributed by atoms with E-state index in [4.69, 9.17) is 0 Å². The fourth-order valence-corrected chi connectivity index (χ4v) is 11.4. The van der Waals surface area contributed by atoms with Crippen molar-refractivity contribution < 1.29 is 9.59 Å². The first-order chi connectivity index (χ1) is 28.6. The number of Topliss-reactive ketones (excluding diaryl/α,β-unsaturated/α-hetero) is 2. The van der Waals surface area contributed by atoms with Crippen molar-refractivity contribution in [3.8, 4) is 0 Å². The number of rotatable bonds is 2. The summed E-state index contributed by atoms with van der Waals surface area (Å²) < 4.78 is 0. The van der Waals surface area contributed by atoms with Gasteiger partial charge in [0, 0.05) is 24.7 Å². The number of carbonyl (C=O) groups is 2. The highest BCUT2D eigenvalue weighted by Crippen LogP contribution is 2.45. The molecule has 0 bridgehead atoms. The van der Waals surface area contributed by atoms with Gasteiger partial charge in [0.05, 0.1) is 0 Å². The lowest BCUT2D eigenvalue weighted by molar-refractivity contribution is -0.131. The highest BCUT2D eigenvalue weighted by Gasteiger charge is 2.40. The Morgan fingerprint density at radius 1 is 0.532 bits per heavy atom. The third kappa shape index (κ3) is 23.8. The molecule has 0 heterocycles. The number of hydrogen-bond acceptors (Lipinski definition) is 2. The van der Waals surface area contributed by atoms with Gasteiger partial charge in [0.25, 0.3) is 0 Å². The number of ketones is 2. The standard InChI is InChI=1S/C12H20O.C12H22O.C10H18.2C9H16.C8H14/c1-8(2)10-6-11(13)9(3)7-12(10,4)5;1-8(2)10-7-12(4,5)9(3)6-11(10)13;1-8-5-9(2)7-10(3,4)6-8;1-8-5-4-6-9(2,3)7-8;1-9-7-5-3-2-4-6-8-9;1-8-6-4-2-3-5-7-8/h9-10H,1,6-7H2,2-5H3;8-10H,6-7H2,1-5H3;9H,1,5-7H2,2-4H3;1,4-7H2,2-3H3;1-8H2;1-7H2. The maximum Gasteiger partial charge on any atom is 0.136 e. The number of allylic oxidation sites excluding steroid dienone is 5. The third-order valence-electron chi connectivity index (χ3n) is 15.4. The monoisotopic (exact) mass is 859 g/mol. The molecule has 5 atom stereocenters. The first-order valence-electron chi connectivity index (χ1n) is 25.9. The van der Waals surface area contributed by atoms with Crippen LogP contribution in [-0.2, 0) is 9.59 Å². The summed E-state index contributed by atoms with van der Waals surface area (Å²) >= 11 is 0. The van der Waals surface area contributed by atoms with Gasteiger partial charge in [-0.1, -0.05) is 183 Å². The maximum atomic E-state index is 11.7. The molecule has 62 heavy (non-hydrogen) atoms. The lowest BCUT2D eigenvalue weighted by atomic mass is 9.63. The van der Waals surface area contributed by atoms with Crippen LogP contribution in [0.1, 0.15) is 251 Å². The van der Waals surface area contributed by atoms with Gasteiger partial charge in [0.2, 0.25) is 0 Å². The zero-order chi connectivity index (χ0) is 47.5. The van der Waals surface area contributed by atoms with Gasteiger partial charge in [0.1, 0.15) is 11.6 Å². The van der Waals surface area contributed by atoms with Crippen LogP contribution in [0.3, 0.4) is 0 Å². The van der Waals surface area contributed by atoms with E-state index in [0.29, 0.717) is 57.9 Å². The van der Waals surface area contributed by atoms with Crippen molar-refractivity contribution in [2.24, 2.45) is 57.2 Å². The van der Waals surface area contributed by atoms with E-state index in [2.05, 4.69) is 116 Å². The Morgan fingerprint density at radius 2 is 0.984 bits per heavy atom. The second kappa shape index (κ2) is 27.5. The van der Waals surface area contributed by atoms with Gasteiger partial charge in [-0.3, -0.25) is 9.59 Å². The predicted octanol–water partition coefficient (Wildman–Crippen LogP) is 19.2. The minimum atomic E-state index is 0.241. The summed E-state index contributed by atoms with van der Waals surface area (Å²) in [6.07, 6.45) is 30.5. The Bertz CT molecular complexity index is 1410. The first-order valence-corrected chi connectivity index (χ1v) is 25.9. The van der Waals surface area contributed by atoms with Gasteiger partial charge in [-0.15, -0.1) is 0 Å². The molecule has 2 nitrogen and oxygen atoms in total. The van der Waals surface area contributed by atoms with Gasteiger partial charge in [-0.25, -0.2) is 0 Å². The average molecular weight is 860 g/mol. The van der Waals surface area contributed by atoms with E-state index in [1.165, 1.54) is 151 Å². The molecule has 6 rings (SSSR count). The molecule has 0 aromatic heterocycles. The van der Waals surface area contributed by atoms with Crippen LogP contribution in [0.15, 0.2) is 60.8 Å². The zero-order valence-corrected chi connectivity index (χ0v) is 44.3. The summed E-state index contributed by atoms with van der Waals surface area (Å²) in [6, 6.07) is 0. The fraction of sp³-hybridized carbons (Fsp3) is 0.800. The maximum absolute atomic E-state index is 11.7. The molecule has 5 unspecified atom stereocenters. The van der Waals surface area contributed by atoms with Crippen molar-refractivity contribution in [2.75, 3.05) is 0 Å². The Balaban J connectivity index is 0.000000375. The van der Waals surface area contributed by atoms with E-state index in [-0.39, 0.29) is 11.3 Å². The molecule has 0 N–H and O–H groups in total. The topological polar surface area (TPSA) is 34.1 Å². The van der Waals surface area contributed by atoms with Gasteiger partial charge in [-0.2, -0.15) is 0 Å². The highest BCUT2D eigenvalue weighted by molar-refractivity contribution is 5.82. The molecule has 0 saturated heterocycles. The van der Waals surface area contributed by atoms with E-state index in [1.807, 2.05) is 13.8 Å². The van der Waals surface area contributed by atoms with E-state index in [0.717, 1.165) is 30.8 Å². The van der Waals surface area contributed by atoms with Crippen molar-refractivity contribution >= 4 is 11.6 Å². The lowest BCUT2D eigenvalue weighted by Crippen LogP contribution is -2.38. The zero-order valence-electron chi connectivity index (χ0n) is 44.3. The molecule has 0 amide bonds. The minimum Gasteiger partial charge on any atom is -0.299 e. The Labute approximate surface area is 388 Å². The highest BCUT2D eigenvalue weighted by atomic mass is 16.1. The van der Waals surface area contributed by atoms with Crippen molar-refractivity contribution in [3.63, 3.8) is 0 Å². The molecule has 0 radical (unpaired) electrons. The van der Waals surface area contributed by atoms with Crippen LogP contribution in [0, 0.1) is 57.2 Å². The van der Waals surface area contributed by atoms with Crippen LogP contribution >= 0.6 is 0 Å². The summed E-state index contributed by atoms with van der Waals surface area (Å²) in [6.45, 7) is 51.4.